The van der Waals surface area contributed by atoms with Crippen LogP contribution in [0.25, 0.3) is 11.2 Å². The molecule has 4 rings (SSSR count). The molecule has 0 amide bonds. The summed E-state index contributed by atoms with van der Waals surface area (Å²) in [6.07, 6.45) is 2.03. The number of rotatable bonds is 2. The van der Waals surface area contributed by atoms with E-state index < -0.39 is 0 Å². The lowest BCUT2D eigenvalue weighted by atomic mass is 10.2. The molecule has 1 fully saturated rings. The molecule has 0 spiro atoms. The van der Waals surface area contributed by atoms with Crippen molar-refractivity contribution in [1.82, 2.24) is 24.3 Å². The molecule has 2 aromatic rings. The smallest absolute Gasteiger partial charge is 0.160 e. The van der Waals surface area contributed by atoms with E-state index in [1.54, 1.807) is 0 Å². The van der Waals surface area contributed by atoms with Crippen LogP contribution < -0.4 is 4.90 Å². The summed E-state index contributed by atoms with van der Waals surface area (Å²) in [5.41, 5.74) is 3.30. The number of fused-ring (bicyclic) bond motifs is 3. The Labute approximate surface area is 137 Å². The summed E-state index contributed by atoms with van der Waals surface area (Å²) in [6.45, 7) is 11.9. The summed E-state index contributed by atoms with van der Waals surface area (Å²) in [5, 5.41) is 0. The number of nitrogens with zero attached hydrogens (tertiary/aromatic N) is 6. The van der Waals surface area contributed by atoms with Crippen molar-refractivity contribution in [1.29, 1.82) is 0 Å². The molecule has 0 aromatic carbocycles. The molecule has 0 saturated carbocycles. The Morgan fingerprint density at radius 1 is 1.04 bits per heavy atom. The molecule has 0 bridgehead atoms. The van der Waals surface area contributed by atoms with Gasteiger partial charge in [0, 0.05) is 45.3 Å². The Hall–Kier alpha value is -1.66. The quantitative estimate of drug-likeness (QED) is 0.838. The van der Waals surface area contributed by atoms with Gasteiger partial charge in [-0.2, -0.15) is 0 Å². The van der Waals surface area contributed by atoms with Crippen molar-refractivity contribution in [2.45, 2.75) is 33.0 Å². The molecule has 2 aromatic heterocycles. The second-order valence-electron chi connectivity index (χ2n) is 7.07. The molecular weight excluding hydrogens is 288 g/mol. The van der Waals surface area contributed by atoms with Crippen LogP contribution in [0.15, 0.2) is 12.3 Å². The zero-order chi connectivity index (χ0) is 16.0. The van der Waals surface area contributed by atoms with E-state index in [2.05, 4.69) is 46.2 Å². The fourth-order valence-electron chi connectivity index (χ4n) is 3.57. The molecular formula is C17H26N6. The average Bonchev–Trinajstić information content (AvgIpc) is 2.92. The maximum atomic E-state index is 4.88. The lowest BCUT2D eigenvalue weighted by Crippen LogP contribution is -2.44. The lowest BCUT2D eigenvalue weighted by molar-refractivity contribution is 0.175. The van der Waals surface area contributed by atoms with Gasteiger partial charge in [-0.15, -0.1) is 0 Å². The van der Waals surface area contributed by atoms with Crippen molar-refractivity contribution in [3.63, 3.8) is 0 Å². The largest absolute Gasteiger partial charge is 0.368 e. The van der Waals surface area contributed by atoms with Gasteiger partial charge in [-0.05, 0) is 27.0 Å². The van der Waals surface area contributed by atoms with E-state index in [0.29, 0.717) is 6.04 Å². The standard InChI is InChI=1S/C17H26N6/c1-13(2)22-8-9-23-16(12-22)19-15-10-14(11-18-17(15)23)21-6-4-20(3)5-7-21/h10-11,13H,4-9,12H2,1-3H3. The number of aromatic nitrogens is 3. The third-order valence-electron chi connectivity index (χ3n) is 5.20. The van der Waals surface area contributed by atoms with Crippen molar-refractivity contribution in [3.05, 3.63) is 18.1 Å². The summed E-state index contributed by atoms with van der Waals surface area (Å²) >= 11 is 0. The van der Waals surface area contributed by atoms with Crippen molar-refractivity contribution in [2.24, 2.45) is 0 Å². The van der Waals surface area contributed by atoms with Crippen LogP contribution in [0.1, 0.15) is 19.7 Å². The van der Waals surface area contributed by atoms with Crippen LogP contribution >= 0.6 is 0 Å². The summed E-state index contributed by atoms with van der Waals surface area (Å²) < 4.78 is 2.29. The van der Waals surface area contributed by atoms with E-state index in [4.69, 9.17) is 9.97 Å². The number of imidazole rings is 1. The molecule has 0 atom stereocenters. The highest BCUT2D eigenvalue weighted by Gasteiger charge is 2.23. The minimum Gasteiger partial charge on any atom is -0.368 e. The van der Waals surface area contributed by atoms with E-state index in [-0.39, 0.29) is 0 Å². The first kappa shape index (κ1) is 14.9. The van der Waals surface area contributed by atoms with Gasteiger partial charge < -0.3 is 14.4 Å². The molecule has 124 valence electrons. The highest BCUT2D eigenvalue weighted by atomic mass is 15.3. The lowest BCUT2D eigenvalue weighted by Gasteiger charge is -2.33. The van der Waals surface area contributed by atoms with Crippen molar-refractivity contribution < 1.29 is 0 Å². The Morgan fingerprint density at radius 2 is 1.83 bits per heavy atom. The van der Waals surface area contributed by atoms with Crippen LogP contribution in [0.4, 0.5) is 5.69 Å². The Bertz CT molecular complexity index is 698. The zero-order valence-corrected chi connectivity index (χ0v) is 14.4. The van der Waals surface area contributed by atoms with Crippen molar-refractivity contribution in [3.8, 4) is 0 Å². The molecule has 1 saturated heterocycles. The third kappa shape index (κ3) is 2.70. The van der Waals surface area contributed by atoms with Crippen LogP contribution in [-0.4, -0.2) is 70.1 Å². The third-order valence-corrected chi connectivity index (χ3v) is 5.20. The summed E-state index contributed by atoms with van der Waals surface area (Å²) in [7, 11) is 2.18. The SMILES string of the molecule is CC(C)N1CCn2c(nc3cc(N4CCN(C)CC4)cnc32)C1. The molecule has 0 N–H and O–H groups in total. The maximum absolute atomic E-state index is 4.88. The zero-order valence-electron chi connectivity index (χ0n) is 14.4. The molecule has 2 aliphatic heterocycles. The summed E-state index contributed by atoms with van der Waals surface area (Å²) in [6, 6.07) is 2.79. The first-order valence-corrected chi connectivity index (χ1v) is 8.64. The van der Waals surface area contributed by atoms with Gasteiger partial charge in [-0.1, -0.05) is 0 Å². The van der Waals surface area contributed by atoms with E-state index in [0.717, 1.165) is 62.8 Å². The monoisotopic (exact) mass is 314 g/mol. The summed E-state index contributed by atoms with van der Waals surface area (Å²) in [5.74, 6) is 1.16. The van der Waals surface area contributed by atoms with E-state index in [1.165, 1.54) is 5.69 Å². The van der Waals surface area contributed by atoms with E-state index in [9.17, 15) is 0 Å². The van der Waals surface area contributed by atoms with Gasteiger partial charge in [0.25, 0.3) is 0 Å². The van der Waals surface area contributed by atoms with Crippen LogP contribution in [0.5, 0.6) is 0 Å². The van der Waals surface area contributed by atoms with Gasteiger partial charge in [0.15, 0.2) is 5.65 Å². The molecule has 6 heteroatoms. The first-order chi connectivity index (χ1) is 11.1. The van der Waals surface area contributed by atoms with E-state index in [1.807, 2.05) is 6.20 Å². The maximum Gasteiger partial charge on any atom is 0.160 e. The van der Waals surface area contributed by atoms with Gasteiger partial charge in [-0.3, -0.25) is 4.90 Å². The van der Waals surface area contributed by atoms with Gasteiger partial charge in [0.05, 0.1) is 18.4 Å². The molecule has 0 radical (unpaired) electrons. The first-order valence-electron chi connectivity index (χ1n) is 8.64. The second kappa shape index (κ2) is 5.76. The van der Waals surface area contributed by atoms with Crippen molar-refractivity contribution in [2.75, 3.05) is 44.7 Å². The Balaban J connectivity index is 1.63. The minimum absolute atomic E-state index is 0.567. The number of piperazine rings is 1. The number of anilines is 1. The van der Waals surface area contributed by atoms with Crippen LogP contribution in [0, 0.1) is 0 Å². The fraction of sp³-hybridized carbons (Fsp3) is 0.647. The number of hydrogen-bond acceptors (Lipinski definition) is 5. The predicted octanol–water partition coefficient (Wildman–Crippen LogP) is 1.41. The molecule has 0 unspecified atom stereocenters. The molecule has 6 nitrogen and oxygen atoms in total. The Kier molecular flexibility index (Phi) is 3.73. The van der Waals surface area contributed by atoms with Gasteiger partial charge in [0.2, 0.25) is 0 Å². The van der Waals surface area contributed by atoms with Gasteiger partial charge in [0.1, 0.15) is 11.3 Å². The van der Waals surface area contributed by atoms with Crippen LogP contribution in [0.3, 0.4) is 0 Å². The topological polar surface area (TPSA) is 40.4 Å². The van der Waals surface area contributed by atoms with Crippen molar-refractivity contribution >= 4 is 16.9 Å². The number of pyridine rings is 1. The predicted molar refractivity (Wildman–Crippen MR) is 92.8 cm³/mol. The molecule has 2 aliphatic rings. The van der Waals surface area contributed by atoms with Gasteiger partial charge >= 0.3 is 0 Å². The molecule has 0 aliphatic carbocycles. The van der Waals surface area contributed by atoms with Gasteiger partial charge in [-0.25, -0.2) is 9.97 Å². The van der Waals surface area contributed by atoms with E-state index >= 15 is 0 Å². The average molecular weight is 314 g/mol. The highest BCUT2D eigenvalue weighted by Crippen LogP contribution is 2.24. The fourth-order valence-corrected chi connectivity index (χ4v) is 3.57. The second-order valence-corrected chi connectivity index (χ2v) is 7.07. The molecule has 4 heterocycles. The minimum atomic E-state index is 0.567. The molecule has 23 heavy (non-hydrogen) atoms. The van der Waals surface area contributed by atoms with Crippen LogP contribution in [0.2, 0.25) is 0 Å². The normalized spacial score (nSPS) is 20.4. The Morgan fingerprint density at radius 3 is 2.57 bits per heavy atom. The summed E-state index contributed by atoms with van der Waals surface area (Å²) in [4.78, 5) is 16.9. The van der Waals surface area contributed by atoms with Crippen LogP contribution in [-0.2, 0) is 13.1 Å². The highest BCUT2D eigenvalue weighted by molar-refractivity contribution is 5.76. The number of likely N-dealkylation sites (N-methyl/N-ethyl adjacent to an activating group) is 1. The number of hydrogen-bond donors (Lipinski definition) is 0.